The van der Waals surface area contributed by atoms with Gasteiger partial charge in [-0.2, -0.15) is 0 Å². The highest BCUT2D eigenvalue weighted by molar-refractivity contribution is 7.07. The molecule has 1 saturated heterocycles. The van der Waals surface area contributed by atoms with Gasteiger partial charge in [0, 0.05) is 11.1 Å². The molecule has 2 amide bonds. The number of piperazine rings is 1. The second-order valence-corrected chi connectivity index (χ2v) is 4.89. The predicted octanol–water partition coefficient (Wildman–Crippen LogP) is -0.328. The lowest BCUT2D eigenvalue weighted by atomic mass is 10.1. The Hall–Kier alpha value is -1.63. The van der Waals surface area contributed by atoms with Crippen LogP contribution in [0.25, 0.3) is 0 Å². The number of H-pyrrole nitrogens is 1. The van der Waals surface area contributed by atoms with Gasteiger partial charge in [-0.05, 0) is 13.8 Å². The first-order valence-corrected chi connectivity index (χ1v) is 6.14. The first-order valence-electron chi connectivity index (χ1n) is 5.26. The summed E-state index contributed by atoms with van der Waals surface area (Å²) in [6, 6.07) is -1.02. The van der Waals surface area contributed by atoms with Crippen LogP contribution in [0.5, 0.6) is 0 Å². The lowest BCUT2D eigenvalue weighted by Crippen LogP contribution is -2.61. The molecule has 0 aliphatic carbocycles. The lowest BCUT2D eigenvalue weighted by Gasteiger charge is -2.35. The topological polar surface area (TPSA) is 82.3 Å². The lowest BCUT2D eigenvalue weighted by molar-refractivity contribution is -0.148. The molecule has 2 unspecified atom stereocenters. The van der Waals surface area contributed by atoms with Crippen LogP contribution in [0.15, 0.2) is 10.2 Å². The minimum absolute atomic E-state index is 0.135. The third-order valence-electron chi connectivity index (χ3n) is 2.77. The number of nitrogens with zero attached hydrogens (tertiary/aromatic N) is 1. The van der Waals surface area contributed by atoms with Gasteiger partial charge >= 0.3 is 4.87 Å². The maximum atomic E-state index is 11.9. The van der Waals surface area contributed by atoms with E-state index in [1.165, 1.54) is 4.90 Å². The van der Waals surface area contributed by atoms with Crippen LogP contribution in [-0.2, 0) is 16.1 Å². The summed E-state index contributed by atoms with van der Waals surface area (Å²) >= 11 is 1.05. The van der Waals surface area contributed by atoms with Gasteiger partial charge in [0.05, 0.1) is 6.54 Å². The Balaban J connectivity index is 2.20. The normalized spacial score (nSPS) is 24.9. The van der Waals surface area contributed by atoms with E-state index in [4.69, 9.17) is 0 Å². The Labute approximate surface area is 102 Å². The van der Waals surface area contributed by atoms with Crippen molar-refractivity contribution < 1.29 is 9.59 Å². The van der Waals surface area contributed by atoms with Crippen molar-refractivity contribution in [1.82, 2.24) is 15.2 Å². The van der Waals surface area contributed by atoms with Crippen molar-refractivity contribution in [2.45, 2.75) is 32.5 Å². The van der Waals surface area contributed by atoms with Gasteiger partial charge in [-0.1, -0.05) is 11.3 Å². The minimum Gasteiger partial charge on any atom is -0.343 e. The number of carbonyl (C=O) groups excluding carboxylic acids is 2. The van der Waals surface area contributed by atoms with Crippen LogP contribution < -0.4 is 10.2 Å². The number of hydrogen-bond acceptors (Lipinski definition) is 4. The largest absolute Gasteiger partial charge is 0.343 e. The summed E-state index contributed by atoms with van der Waals surface area (Å²) in [5.41, 5.74) is 0.655. The molecule has 1 aliphatic heterocycles. The smallest absolute Gasteiger partial charge is 0.304 e. The van der Waals surface area contributed by atoms with E-state index in [0.29, 0.717) is 5.69 Å². The first kappa shape index (κ1) is 11.8. The maximum Gasteiger partial charge on any atom is 0.304 e. The van der Waals surface area contributed by atoms with Crippen LogP contribution in [0.2, 0.25) is 0 Å². The number of rotatable bonds is 2. The quantitative estimate of drug-likeness (QED) is 0.759. The maximum absolute atomic E-state index is 11.9. The van der Waals surface area contributed by atoms with Crippen LogP contribution in [0.4, 0.5) is 0 Å². The van der Waals surface area contributed by atoms with E-state index in [-0.39, 0.29) is 23.2 Å². The van der Waals surface area contributed by atoms with Gasteiger partial charge in [0.1, 0.15) is 12.1 Å². The van der Waals surface area contributed by atoms with Crippen molar-refractivity contribution in [3.8, 4) is 0 Å². The molecule has 17 heavy (non-hydrogen) atoms. The molecule has 1 aromatic rings. The molecule has 2 N–H and O–H groups in total. The zero-order valence-electron chi connectivity index (χ0n) is 9.52. The Kier molecular flexibility index (Phi) is 3.01. The van der Waals surface area contributed by atoms with Crippen molar-refractivity contribution in [2.24, 2.45) is 0 Å². The highest BCUT2D eigenvalue weighted by atomic mass is 32.1. The Morgan fingerprint density at radius 2 is 2.06 bits per heavy atom. The Bertz CT molecular complexity index is 507. The minimum atomic E-state index is -0.512. The number of aromatic amines is 1. The molecular formula is C10H13N3O3S. The molecule has 0 aromatic carbocycles. The SMILES string of the molecule is CC1NC(=O)C(C)N(Cc2csc(=O)[nH]2)C1=O. The molecule has 2 heterocycles. The number of nitrogens with one attached hydrogen (secondary N) is 2. The standard InChI is InChI=1S/C10H13N3O3S/c1-5-9(15)13(6(2)8(14)11-5)3-7-4-17-10(16)12-7/h4-6H,3H2,1-2H3,(H,11,14)(H,12,16). The molecule has 7 heteroatoms. The second-order valence-electron chi connectivity index (χ2n) is 4.05. The van der Waals surface area contributed by atoms with Gasteiger partial charge in [-0.25, -0.2) is 0 Å². The van der Waals surface area contributed by atoms with Crippen molar-refractivity contribution in [3.63, 3.8) is 0 Å². The fourth-order valence-corrected chi connectivity index (χ4v) is 2.34. The predicted molar refractivity (Wildman–Crippen MR) is 62.6 cm³/mol. The molecule has 0 radical (unpaired) electrons. The number of hydrogen-bond donors (Lipinski definition) is 2. The van der Waals surface area contributed by atoms with Gasteiger partial charge in [0.25, 0.3) is 0 Å². The van der Waals surface area contributed by atoms with Crippen LogP contribution >= 0.6 is 11.3 Å². The van der Waals surface area contributed by atoms with Crippen molar-refractivity contribution in [3.05, 3.63) is 20.7 Å². The van der Waals surface area contributed by atoms with E-state index < -0.39 is 12.1 Å². The molecule has 1 fully saturated rings. The summed E-state index contributed by atoms with van der Waals surface area (Å²) < 4.78 is 0. The summed E-state index contributed by atoms with van der Waals surface area (Å²) in [7, 11) is 0. The monoisotopic (exact) mass is 255 g/mol. The number of amides is 2. The van der Waals surface area contributed by atoms with E-state index in [0.717, 1.165) is 11.3 Å². The van der Waals surface area contributed by atoms with Gasteiger partial charge in [0.15, 0.2) is 0 Å². The van der Waals surface area contributed by atoms with Crippen LogP contribution in [0.1, 0.15) is 19.5 Å². The zero-order valence-corrected chi connectivity index (χ0v) is 10.3. The fraction of sp³-hybridized carbons (Fsp3) is 0.500. The molecule has 6 nitrogen and oxygen atoms in total. The summed E-state index contributed by atoms with van der Waals surface area (Å²) in [5, 5.41) is 4.27. The van der Waals surface area contributed by atoms with E-state index >= 15 is 0 Å². The Morgan fingerprint density at radius 3 is 2.65 bits per heavy atom. The average Bonchev–Trinajstić information content (AvgIpc) is 2.68. The molecule has 0 bridgehead atoms. The summed E-state index contributed by atoms with van der Waals surface area (Å²) in [4.78, 5) is 38.4. The van der Waals surface area contributed by atoms with Crippen LogP contribution in [0.3, 0.4) is 0 Å². The average molecular weight is 255 g/mol. The molecule has 92 valence electrons. The fourth-order valence-electron chi connectivity index (χ4n) is 1.77. The first-order chi connectivity index (χ1) is 7.99. The van der Waals surface area contributed by atoms with Crippen molar-refractivity contribution in [2.75, 3.05) is 0 Å². The molecular weight excluding hydrogens is 242 g/mol. The van der Waals surface area contributed by atoms with E-state index in [2.05, 4.69) is 10.3 Å². The van der Waals surface area contributed by atoms with Gasteiger partial charge in [-0.15, -0.1) is 0 Å². The third kappa shape index (κ3) is 2.23. The number of thiazole rings is 1. The summed E-state index contributed by atoms with van der Waals surface area (Å²) in [5.74, 6) is -0.307. The van der Waals surface area contributed by atoms with Crippen LogP contribution in [-0.4, -0.2) is 33.8 Å². The summed E-state index contributed by atoms with van der Waals surface area (Å²) in [6.45, 7) is 3.58. The molecule has 1 aromatic heterocycles. The number of aromatic nitrogens is 1. The van der Waals surface area contributed by atoms with Gasteiger partial charge < -0.3 is 15.2 Å². The molecule has 2 rings (SSSR count). The summed E-state index contributed by atoms with van der Waals surface area (Å²) in [6.07, 6.45) is 0. The highest BCUT2D eigenvalue weighted by Crippen LogP contribution is 2.13. The van der Waals surface area contributed by atoms with Crippen molar-refractivity contribution >= 4 is 23.2 Å². The zero-order chi connectivity index (χ0) is 12.6. The molecule has 0 saturated carbocycles. The third-order valence-corrected chi connectivity index (χ3v) is 3.49. The second kappa shape index (κ2) is 4.33. The highest BCUT2D eigenvalue weighted by Gasteiger charge is 2.35. The molecule has 1 aliphatic rings. The van der Waals surface area contributed by atoms with E-state index in [1.54, 1.807) is 19.2 Å². The van der Waals surface area contributed by atoms with Crippen LogP contribution in [0, 0.1) is 0 Å². The van der Waals surface area contributed by atoms with E-state index in [9.17, 15) is 14.4 Å². The molecule has 0 spiro atoms. The molecule has 2 atom stereocenters. The Morgan fingerprint density at radius 1 is 1.35 bits per heavy atom. The van der Waals surface area contributed by atoms with E-state index in [1.807, 2.05) is 0 Å². The van der Waals surface area contributed by atoms with Crippen molar-refractivity contribution in [1.29, 1.82) is 0 Å². The van der Waals surface area contributed by atoms with Gasteiger partial charge in [-0.3, -0.25) is 14.4 Å². The number of carbonyl (C=O) groups is 2. The van der Waals surface area contributed by atoms with Gasteiger partial charge in [0.2, 0.25) is 11.8 Å².